The van der Waals surface area contributed by atoms with E-state index in [9.17, 15) is 4.79 Å². The molecule has 2 aromatic carbocycles. The topological polar surface area (TPSA) is 59.9 Å². The van der Waals surface area contributed by atoms with E-state index in [4.69, 9.17) is 4.74 Å². The van der Waals surface area contributed by atoms with Gasteiger partial charge in [0.15, 0.2) is 5.82 Å². The quantitative estimate of drug-likeness (QED) is 0.791. The van der Waals surface area contributed by atoms with Gasteiger partial charge in [-0.15, -0.1) is 5.10 Å². The van der Waals surface area contributed by atoms with Gasteiger partial charge >= 0.3 is 5.69 Å². The summed E-state index contributed by atoms with van der Waals surface area (Å²) in [4.78, 5) is 14.7. The van der Waals surface area contributed by atoms with Gasteiger partial charge in [0.25, 0.3) is 0 Å². The fourth-order valence-electron chi connectivity index (χ4n) is 1.95. The Morgan fingerprint density at radius 1 is 1.05 bits per heavy atom. The van der Waals surface area contributed by atoms with Crippen LogP contribution in [-0.2, 0) is 0 Å². The Balaban J connectivity index is 2.02. The second-order valence-electron chi connectivity index (χ2n) is 4.25. The molecule has 0 unspecified atom stereocenters. The van der Waals surface area contributed by atoms with Crippen LogP contribution in [0.1, 0.15) is 0 Å². The summed E-state index contributed by atoms with van der Waals surface area (Å²) in [5, 5.41) is 4.31. The van der Waals surface area contributed by atoms with Crippen LogP contribution in [0.4, 0.5) is 0 Å². The molecule has 20 heavy (non-hydrogen) atoms. The van der Waals surface area contributed by atoms with Gasteiger partial charge in [-0.1, -0.05) is 18.2 Å². The van der Waals surface area contributed by atoms with E-state index in [1.54, 1.807) is 7.11 Å². The molecule has 1 heterocycles. The molecule has 1 aromatic heterocycles. The van der Waals surface area contributed by atoms with Crippen molar-refractivity contribution >= 4 is 0 Å². The summed E-state index contributed by atoms with van der Waals surface area (Å²) < 4.78 is 6.45. The second-order valence-corrected chi connectivity index (χ2v) is 4.25. The van der Waals surface area contributed by atoms with E-state index in [1.165, 1.54) is 4.68 Å². The van der Waals surface area contributed by atoms with Crippen molar-refractivity contribution in [1.29, 1.82) is 0 Å². The smallest absolute Gasteiger partial charge is 0.348 e. The fraction of sp³-hybridized carbons (Fsp3) is 0.0667. The van der Waals surface area contributed by atoms with Crippen LogP contribution in [0.15, 0.2) is 59.4 Å². The van der Waals surface area contributed by atoms with Gasteiger partial charge in [0, 0.05) is 5.56 Å². The molecule has 100 valence electrons. The van der Waals surface area contributed by atoms with Crippen LogP contribution in [0.5, 0.6) is 5.75 Å². The Hall–Kier alpha value is -2.82. The molecule has 0 saturated heterocycles. The van der Waals surface area contributed by atoms with E-state index in [-0.39, 0.29) is 5.69 Å². The summed E-state index contributed by atoms with van der Waals surface area (Å²) in [6, 6.07) is 16.7. The fourth-order valence-corrected chi connectivity index (χ4v) is 1.95. The van der Waals surface area contributed by atoms with Crippen LogP contribution < -0.4 is 10.4 Å². The maximum atomic E-state index is 12.0. The number of hydrogen-bond acceptors (Lipinski definition) is 3. The number of aromatic nitrogens is 3. The predicted molar refractivity (Wildman–Crippen MR) is 76.2 cm³/mol. The van der Waals surface area contributed by atoms with Crippen molar-refractivity contribution < 1.29 is 4.74 Å². The van der Waals surface area contributed by atoms with Gasteiger partial charge in [-0.2, -0.15) is 4.68 Å². The molecule has 0 fully saturated rings. The van der Waals surface area contributed by atoms with Gasteiger partial charge in [0.1, 0.15) is 5.75 Å². The highest BCUT2D eigenvalue weighted by molar-refractivity contribution is 5.55. The molecule has 1 N–H and O–H groups in total. The summed E-state index contributed by atoms with van der Waals surface area (Å²) in [6.07, 6.45) is 0. The lowest BCUT2D eigenvalue weighted by Crippen LogP contribution is -2.15. The van der Waals surface area contributed by atoms with Crippen molar-refractivity contribution in [2.75, 3.05) is 7.11 Å². The van der Waals surface area contributed by atoms with Gasteiger partial charge < -0.3 is 4.74 Å². The summed E-state index contributed by atoms with van der Waals surface area (Å²) >= 11 is 0. The number of aromatic amines is 1. The lowest BCUT2D eigenvalue weighted by Gasteiger charge is -2.00. The Kier molecular flexibility index (Phi) is 3.09. The lowest BCUT2D eigenvalue weighted by atomic mass is 10.2. The minimum absolute atomic E-state index is 0.262. The van der Waals surface area contributed by atoms with Crippen molar-refractivity contribution in [2.24, 2.45) is 0 Å². The summed E-state index contributed by atoms with van der Waals surface area (Å²) in [6.45, 7) is 0. The Bertz CT molecular complexity index is 758. The Morgan fingerprint density at radius 2 is 1.75 bits per heavy atom. The minimum Gasteiger partial charge on any atom is -0.497 e. The van der Waals surface area contributed by atoms with Crippen LogP contribution in [-0.4, -0.2) is 21.9 Å². The molecule has 0 radical (unpaired) electrons. The van der Waals surface area contributed by atoms with Gasteiger partial charge in [-0.05, 0) is 36.4 Å². The zero-order valence-electron chi connectivity index (χ0n) is 10.9. The summed E-state index contributed by atoms with van der Waals surface area (Å²) in [5.41, 5.74) is 1.30. The third-order valence-electron chi connectivity index (χ3n) is 2.98. The first-order chi connectivity index (χ1) is 9.78. The van der Waals surface area contributed by atoms with E-state index >= 15 is 0 Å². The lowest BCUT2D eigenvalue weighted by molar-refractivity contribution is 0.415. The molecule has 0 bridgehead atoms. The normalized spacial score (nSPS) is 10.4. The first-order valence-electron chi connectivity index (χ1n) is 6.17. The maximum Gasteiger partial charge on any atom is 0.348 e. The maximum absolute atomic E-state index is 12.0. The third-order valence-corrected chi connectivity index (χ3v) is 2.98. The van der Waals surface area contributed by atoms with Gasteiger partial charge in [-0.3, -0.25) is 4.98 Å². The molecule has 3 aromatic rings. The van der Waals surface area contributed by atoms with E-state index in [0.717, 1.165) is 17.0 Å². The number of hydrogen-bond donors (Lipinski definition) is 1. The average molecular weight is 267 g/mol. The summed E-state index contributed by atoms with van der Waals surface area (Å²) in [5.74, 6) is 1.29. The van der Waals surface area contributed by atoms with E-state index in [0.29, 0.717) is 5.82 Å². The molecule has 0 aliphatic rings. The van der Waals surface area contributed by atoms with Crippen LogP contribution in [0.25, 0.3) is 17.1 Å². The van der Waals surface area contributed by atoms with Crippen molar-refractivity contribution in [2.45, 2.75) is 0 Å². The molecule has 0 amide bonds. The summed E-state index contributed by atoms with van der Waals surface area (Å²) in [7, 11) is 1.61. The Morgan fingerprint density at radius 3 is 2.40 bits per heavy atom. The van der Waals surface area contributed by atoms with Crippen molar-refractivity contribution in [3.8, 4) is 22.8 Å². The highest BCUT2D eigenvalue weighted by Gasteiger charge is 2.08. The van der Waals surface area contributed by atoms with E-state index in [2.05, 4.69) is 10.1 Å². The molecular weight excluding hydrogens is 254 g/mol. The molecule has 5 nitrogen and oxygen atoms in total. The average Bonchev–Trinajstić information content (AvgIpc) is 2.90. The molecule has 0 aliphatic carbocycles. The molecule has 0 aliphatic heterocycles. The number of para-hydroxylation sites is 1. The minimum atomic E-state index is -0.262. The molecule has 0 atom stereocenters. The SMILES string of the molecule is COc1ccc(-c2nn(-c3ccccc3)c(=O)[nH]2)cc1. The van der Waals surface area contributed by atoms with Crippen molar-refractivity contribution in [3.05, 3.63) is 65.1 Å². The van der Waals surface area contributed by atoms with Crippen LogP contribution in [0, 0.1) is 0 Å². The number of nitrogens with zero attached hydrogens (tertiary/aromatic N) is 2. The monoisotopic (exact) mass is 267 g/mol. The standard InChI is InChI=1S/C15H13N3O2/c1-20-13-9-7-11(8-10-13)14-16-15(19)18(17-14)12-5-3-2-4-6-12/h2-10H,1H3,(H,16,17,19). The molecule has 0 saturated carbocycles. The van der Waals surface area contributed by atoms with Gasteiger partial charge in [0.05, 0.1) is 12.8 Å². The number of rotatable bonds is 3. The molecular formula is C15H13N3O2. The second kappa shape index (κ2) is 5.05. The highest BCUT2D eigenvalue weighted by Crippen LogP contribution is 2.18. The highest BCUT2D eigenvalue weighted by atomic mass is 16.5. The van der Waals surface area contributed by atoms with Crippen LogP contribution >= 0.6 is 0 Å². The Labute approximate surface area is 115 Å². The largest absolute Gasteiger partial charge is 0.497 e. The van der Waals surface area contributed by atoms with Crippen LogP contribution in [0.3, 0.4) is 0 Å². The molecule has 3 rings (SSSR count). The van der Waals surface area contributed by atoms with Gasteiger partial charge in [-0.25, -0.2) is 4.79 Å². The number of ether oxygens (including phenoxy) is 1. The van der Waals surface area contributed by atoms with E-state index in [1.807, 2.05) is 54.6 Å². The number of benzene rings is 2. The van der Waals surface area contributed by atoms with E-state index < -0.39 is 0 Å². The zero-order chi connectivity index (χ0) is 13.9. The van der Waals surface area contributed by atoms with Gasteiger partial charge in [0.2, 0.25) is 0 Å². The molecule has 5 heteroatoms. The predicted octanol–water partition coefficient (Wildman–Crippen LogP) is 2.24. The first kappa shape index (κ1) is 12.2. The van der Waals surface area contributed by atoms with Crippen LogP contribution in [0.2, 0.25) is 0 Å². The van der Waals surface area contributed by atoms with Crippen molar-refractivity contribution in [1.82, 2.24) is 14.8 Å². The molecule has 0 spiro atoms. The van der Waals surface area contributed by atoms with Crippen molar-refractivity contribution in [3.63, 3.8) is 0 Å². The third kappa shape index (κ3) is 2.21. The first-order valence-corrected chi connectivity index (χ1v) is 6.17. The number of H-pyrrole nitrogens is 1. The zero-order valence-corrected chi connectivity index (χ0v) is 10.9. The number of nitrogens with one attached hydrogen (secondary N) is 1. The number of methoxy groups -OCH3 is 1.